The molecule has 1 amide bonds. The minimum absolute atomic E-state index is 0.0637. The Morgan fingerprint density at radius 1 is 1.15 bits per heavy atom. The molecule has 0 saturated carbocycles. The Balaban J connectivity index is 1.87. The highest BCUT2D eigenvalue weighted by molar-refractivity contribution is 9.10. The highest BCUT2D eigenvalue weighted by Crippen LogP contribution is 2.30. The number of rotatable bonds is 2. The summed E-state index contributed by atoms with van der Waals surface area (Å²) in [7, 11) is 0. The Hall–Kier alpha value is -1.39. The molecule has 2 N–H and O–H groups in total. The van der Waals surface area contributed by atoms with Crippen LogP contribution in [0.5, 0.6) is 0 Å². The second-order valence-corrected chi connectivity index (χ2v) is 5.99. The van der Waals surface area contributed by atoms with E-state index >= 15 is 0 Å². The third-order valence-corrected chi connectivity index (χ3v) is 4.45. The molecule has 3 rings (SSSR count). The monoisotopic (exact) mass is 332 g/mol. The molecule has 4 heteroatoms. The zero-order valence-electron chi connectivity index (χ0n) is 11.2. The maximum atomic E-state index is 12.3. The zero-order chi connectivity index (χ0) is 13.9. The summed E-state index contributed by atoms with van der Waals surface area (Å²) >= 11 is 3.55. The number of benzene rings is 2. The van der Waals surface area contributed by atoms with Gasteiger partial charge in [-0.25, -0.2) is 0 Å². The Morgan fingerprint density at radius 3 is 2.70 bits per heavy atom. The first-order chi connectivity index (χ1) is 9.75. The van der Waals surface area contributed by atoms with Crippen molar-refractivity contribution in [3.63, 3.8) is 0 Å². The molecule has 1 heterocycles. The third kappa shape index (κ3) is 2.72. The van der Waals surface area contributed by atoms with E-state index in [2.05, 4.69) is 26.6 Å². The van der Waals surface area contributed by atoms with Crippen LogP contribution in [0.15, 0.2) is 40.9 Å². The van der Waals surface area contributed by atoms with Gasteiger partial charge in [-0.05, 0) is 36.9 Å². The maximum absolute atomic E-state index is 12.3. The molecule has 0 radical (unpaired) electrons. The predicted molar refractivity (Wildman–Crippen MR) is 85.9 cm³/mol. The molecule has 2 aromatic rings. The highest BCUT2D eigenvalue weighted by Gasteiger charge is 2.20. The molecule has 1 fully saturated rings. The fourth-order valence-corrected chi connectivity index (χ4v) is 3.14. The van der Waals surface area contributed by atoms with Gasteiger partial charge >= 0.3 is 0 Å². The van der Waals surface area contributed by atoms with E-state index in [1.54, 1.807) is 0 Å². The van der Waals surface area contributed by atoms with E-state index in [1.807, 2.05) is 36.4 Å². The number of nitrogens with one attached hydrogen (secondary N) is 2. The Morgan fingerprint density at radius 2 is 1.95 bits per heavy atom. The van der Waals surface area contributed by atoms with Crippen molar-refractivity contribution in [2.24, 2.45) is 0 Å². The van der Waals surface area contributed by atoms with Crippen LogP contribution < -0.4 is 10.6 Å². The highest BCUT2D eigenvalue weighted by atomic mass is 79.9. The van der Waals surface area contributed by atoms with E-state index in [0.29, 0.717) is 0 Å². The molecule has 104 valence electrons. The number of hydrogen-bond donors (Lipinski definition) is 2. The predicted octanol–water partition coefficient (Wildman–Crippen LogP) is 3.68. The Bertz CT molecular complexity index is 635. The van der Waals surface area contributed by atoms with Crippen molar-refractivity contribution >= 4 is 38.3 Å². The third-order valence-electron chi connectivity index (χ3n) is 3.76. The summed E-state index contributed by atoms with van der Waals surface area (Å²) < 4.78 is 1.04. The first-order valence-corrected chi connectivity index (χ1v) is 7.76. The van der Waals surface area contributed by atoms with Crippen LogP contribution in [0.2, 0.25) is 0 Å². The van der Waals surface area contributed by atoms with Crippen molar-refractivity contribution in [3.05, 3.63) is 40.9 Å². The first-order valence-electron chi connectivity index (χ1n) is 6.97. The van der Waals surface area contributed by atoms with Gasteiger partial charge in [0.1, 0.15) is 0 Å². The molecule has 1 atom stereocenters. The Labute approximate surface area is 126 Å². The molecule has 1 aliphatic rings. The Kier molecular flexibility index (Phi) is 4.03. The van der Waals surface area contributed by atoms with Crippen LogP contribution in [0, 0.1) is 0 Å². The molecule has 20 heavy (non-hydrogen) atoms. The molecule has 0 aromatic heterocycles. The molecular formula is C16H17BrN2O. The van der Waals surface area contributed by atoms with Crippen molar-refractivity contribution in [3.8, 4) is 0 Å². The van der Waals surface area contributed by atoms with Crippen LogP contribution in [-0.4, -0.2) is 18.5 Å². The van der Waals surface area contributed by atoms with Crippen molar-refractivity contribution in [2.45, 2.75) is 25.3 Å². The van der Waals surface area contributed by atoms with Gasteiger partial charge in [-0.1, -0.05) is 46.6 Å². The van der Waals surface area contributed by atoms with Gasteiger partial charge in [0.15, 0.2) is 0 Å². The topological polar surface area (TPSA) is 41.1 Å². The number of carbonyl (C=O) groups is 1. The van der Waals surface area contributed by atoms with E-state index in [1.165, 1.54) is 0 Å². The summed E-state index contributed by atoms with van der Waals surface area (Å²) in [5.41, 5.74) is 0.876. The van der Waals surface area contributed by atoms with Crippen LogP contribution in [-0.2, 0) is 4.79 Å². The quantitative estimate of drug-likeness (QED) is 0.880. The number of carbonyl (C=O) groups excluding carboxylic acids is 1. The smallest absolute Gasteiger partial charge is 0.241 e. The zero-order valence-corrected chi connectivity index (χ0v) is 12.7. The van der Waals surface area contributed by atoms with Gasteiger partial charge < -0.3 is 10.6 Å². The summed E-state index contributed by atoms with van der Waals surface area (Å²) in [5, 5.41) is 8.51. The normalized spacial score (nSPS) is 18.9. The number of halogens is 1. The standard InChI is InChI=1S/C16H17BrN2O/c17-13-8-9-14(12-6-2-1-5-11(12)13)19-16(20)15-7-3-4-10-18-15/h1-2,5-6,8-9,15,18H,3-4,7,10H2,(H,19,20). The van der Waals surface area contributed by atoms with Crippen LogP contribution >= 0.6 is 15.9 Å². The number of anilines is 1. The molecule has 0 spiro atoms. The lowest BCUT2D eigenvalue weighted by Gasteiger charge is -2.23. The van der Waals surface area contributed by atoms with Gasteiger partial charge in [0.05, 0.1) is 6.04 Å². The number of fused-ring (bicyclic) bond motifs is 1. The molecule has 1 unspecified atom stereocenters. The van der Waals surface area contributed by atoms with E-state index in [-0.39, 0.29) is 11.9 Å². The minimum Gasteiger partial charge on any atom is -0.324 e. The number of piperidine rings is 1. The largest absolute Gasteiger partial charge is 0.324 e. The fourth-order valence-electron chi connectivity index (χ4n) is 2.67. The van der Waals surface area contributed by atoms with Gasteiger partial charge in [-0.2, -0.15) is 0 Å². The fraction of sp³-hybridized carbons (Fsp3) is 0.312. The lowest BCUT2D eigenvalue weighted by atomic mass is 10.0. The van der Waals surface area contributed by atoms with Crippen LogP contribution in [0.1, 0.15) is 19.3 Å². The van der Waals surface area contributed by atoms with Crippen molar-refractivity contribution in [2.75, 3.05) is 11.9 Å². The van der Waals surface area contributed by atoms with E-state index in [9.17, 15) is 4.79 Å². The molecule has 1 saturated heterocycles. The van der Waals surface area contributed by atoms with Gasteiger partial charge in [0, 0.05) is 15.5 Å². The maximum Gasteiger partial charge on any atom is 0.241 e. The molecular weight excluding hydrogens is 316 g/mol. The number of amides is 1. The molecule has 0 aliphatic carbocycles. The average Bonchev–Trinajstić information content (AvgIpc) is 2.51. The molecule has 0 bridgehead atoms. The molecule has 2 aromatic carbocycles. The second kappa shape index (κ2) is 5.94. The second-order valence-electron chi connectivity index (χ2n) is 5.13. The molecule has 1 aliphatic heterocycles. The summed E-state index contributed by atoms with van der Waals surface area (Å²) in [6.07, 6.45) is 3.19. The minimum atomic E-state index is -0.0637. The number of hydrogen-bond acceptors (Lipinski definition) is 2. The van der Waals surface area contributed by atoms with Crippen LogP contribution in [0.4, 0.5) is 5.69 Å². The van der Waals surface area contributed by atoms with Gasteiger partial charge in [0.2, 0.25) is 5.91 Å². The average molecular weight is 333 g/mol. The van der Waals surface area contributed by atoms with E-state index in [0.717, 1.165) is 46.7 Å². The summed E-state index contributed by atoms with van der Waals surface area (Å²) in [4.78, 5) is 12.3. The lowest BCUT2D eigenvalue weighted by molar-refractivity contribution is -0.118. The van der Waals surface area contributed by atoms with Crippen molar-refractivity contribution in [1.82, 2.24) is 5.32 Å². The molecule has 3 nitrogen and oxygen atoms in total. The summed E-state index contributed by atoms with van der Waals surface area (Å²) in [6.45, 7) is 0.930. The van der Waals surface area contributed by atoms with E-state index in [4.69, 9.17) is 0 Å². The van der Waals surface area contributed by atoms with Crippen molar-refractivity contribution < 1.29 is 4.79 Å². The summed E-state index contributed by atoms with van der Waals surface area (Å²) in [6, 6.07) is 11.9. The van der Waals surface area contributed by atoms with Crippen LogP contribution in [0.3, 0.4) is 0 Å². The summed E-state index contributed by atoms with van der Waals surface area (Å²) in [5.74, 6) is 0.0668. The SMILES string of the molecule is O=C(Nc1ccc(Br)c2ccccc12)C1CCCCN1. The van der Waals surface area contributed by atoms with Gasteiger partial charge in [-0.15, -0.1) is 0 Å². The van der Waals surface area contributed by atoms with Gasteiger partial charge in [-0.3, -0.25) is 4.79 Å². The first kappa shape index (κ1) is 13.6. The lowest BCUT2D eigenvalue weighted by Crippen LogP contribution is -2.43. The van der Waals surface area contributed by atoms with Crippen molar-refractivity contribution in [1.29, 1.82) is 0 Å². The van der Waals surface area contributed by atoms with E-state index < -0.39 is 0 Å². The van der Waals surface area contributed by atoms with Crippen LogP contribution in [0.25, 0.3) is 10.8 Å². The van der Waals surface area contributed by atoms with Gasteiger partial charge in [0.25, 0.3) is 0 Å².